The molecule has 1 aliphatic rings. The summed E-state index contributed by atoms with van der Waals surface area (Å²) in [7, 11) is 0. The monoisotopic (exact) mass is 423 g/mol. The van der Waals surface area contributed by atoms with E-state index in [9.17, 15) is 9.59 Å². The first-order valence-corrected chi connectivity index (χ1v) is 10.3. The number of furan rings is 1. The highest BCUT2D eigenvalue weighted by atomic mass is 16.5. The number of rotatable bonds is 6. The molecular weight excluding hydrogens is 398 g/mol. The maximum absolute atomic E-state index is 12.7. The van der Waals surface area contributed by atoms with Crippen LogP contribution in [-0.4, -0.2) is 52.9 Å². The van der Waals surface area contributed by atoms with Crippen molar-refractivity contribution >= 4 is 11.8 Å². The highest BCUT2D eigenvalue weighted by Crippen LogP contribution is 2.19. The third-order valence-electron chi connectivity index (χ3n) is 5.49. The van der Waals surface area contributed by atoms with E-state index in [4.69, 9.17) is 13.7 Å². The van der Waals surface area contributed by atoms with Gasteiger partial charge in [-0.3, -0.25) is 9.59 Å². The minimum Gasteiger partial charge on any atom is -0.489 e. The SMILES string of the molecule is Cc1noc(C)c1COc1ccc(CC(=O)N2CCN(C(=O)c3ccco3)CC2)cc1. The molecule has 0 saturated carbocycles. The molecule has 1 aliphatic heterocycles. The summed E-state index contributed by atoms with van der Waals surface area (Å²) in [5.41, 5.74) is 2.69. The van der Waals surface area contributed by atoms with Crippen molar-refractivity contribution in [2.24, 2.45) is 0 Å². The Morgan fingerprint density at radius 2 is 1.74 bits per heavy atom. The maximum Gasteiger partial charge on any atom is 0.289 e. The molecule has 0 spiro atoms. The molecule has 0 N–H and O–H groups in total. The molecule has 2 aromatic heterocycles. The van der Waals surface area contributed by atoms with Crippen molar-refractivity contribution in [2.45, 2.75) is 26.9 Å². The third-order valence-corrected chi connectivity index (χ3v) is 5.49. The molecule has 1 aromatic carbocycles. The molecule has 3 heterocycles. The first kappa shape index (κ1) is 20.7. The Bertz CT molecular complexity index is 1010. The number of amides is 2. The molecule has 2 amide bonds. The van der Waals surface area contributed by atoms with E-state index in [1.807, 2.05) is 38.1 Å². The van der Waals surface area contributed by atoms with Gasteiger partial charge in [-0.1, -0.05) is 17.3 Å². The van der Waals surface area contributed by atoms with E-state index >= 15 is 0 Å². The molecule has 0 atom stereocenters. The van der Waals surface area contributed by atoms with Crippen LogP contribution in [0.3, 0.4) is 0 Å². The summed E-state index contributed by atoms with van der Waals surface area (Å²) in [6, 6.07) is 10.9. The zero-order valence-electron chi connectivity index (χ0n) is 17.7. The topological polar surface area (TPSA) is 89.0 Å². The van der Waals surface area contributed by atoms with Crippen LogP contribution in [0.1, 0.15) is 33.1 Å². The quantitative estimate of drug-likeness (QED) is 0.606. The molecule has 8 nitrogen and oxygen atoms in total. The van der Waals surface area contributed by atoms with Gasteiger partial charge in [-0.2, -0.15) is 0 Å². The van der Waals surface area contributed by atoms with Crippen molar-refractivity contribution in [1.82, 2.24) is 15.0 Å². The minimum atomic E-state index is -0.135. The number of aromatic nitrogens is 1. The number of benzene rings is 1. The Morgan fingerprint density at radius 1 is 1.03 bits per heavy atom. The number of aryl methyl sites for hydroxylation is 2. The fourth-order valence-electron chi connectivity index (χ4n) is 3.57. The van der Waals surface area contributed by atoms with Gasteiger partial charge in [-0.25, -0.2) is 0 Å². The first-order valence-electron chi connectivity index (χ1n) is 10.3. The number of hydrogen-bond donors (Lipinski definition) is 0. The standard InChI is InChI=1S/C23H25N3O5/c1-16-20(17(2)31-24-16)15-30-19-7-5-18(6-8-19)14-22(27)25-9-11-26(12-10-25)23(28)21-4-3-13-29-21/h3-8,13H,9-12,14-15H2,1-2H3. The molecule has 0 aliphatic carbocycles. The number of carbonyl (C=O) groups is 2. The third kappa shape index (κ3) is 4.79. The van der Waals surface area contributed by atoms with E-state index in [0.29, 0.717) is 45.0 Å². The van der Waals surface area contributed by atoms with Crippen molar-refractivity contribution in [2.75, 3.05) is 26.2 Å². The predicted molar refractivity (Wildman–Crippen MR) is 112 cm³/mol. The van der Waals surface area contributed by atoms with Gasteiger partial charge in [0.2, 0.25) is 5.91 Å². The van der Waals surface area contributed by atoms with Gasteiger partial charge in [0.05, 0.1) is 23.9 Å². The normalized spacial score (nSPS) is 14.0. The van der Waals surface area contributed by atoms with Gasteiger partial charge >= 0.3 is 0 Å². The highest BCUT2D eigenvalue weighted by molar-refractivity contribution is 5.91. The lowest BCUT2D eigenvalue weighted by Crippen LogP contribution is -2.50. The lowest BCUT2D eigenvalue weighted by Gasteiger charge is -2.34. The largest absolute Gasteiger partial charge is 0.489 e. The summed E-state index contributed by atoms with van der Waals surface area (Å²) in [5, 5.41) is 3.92. The maximum atomic E-state index is 12.7. The Kier molecular flexibility index (Phi) is 6.06. The van der Waals surface area contributed by atoms with Gasteiger partial charge in [0, 0.05) is 26.2 Å². The fourth-order valence-corrected chi connectivity index (χ4v) is 3.57. The summed E-state index contributed by atoms with van der Waals surface area (Å²) < 4.78 is 16.1. The van der Waals surface area contributed by atoms with Crippen molar-refractivity contribution in [1.29, 1.82) is 0 Å². The van der Waals surface area contributed by atoms with Gasteiger partial charge in [0.15, 0.2) is 5.76 Å². The van der Waals surface area contributed by atoms with Gasteiger partial charge in [-0.05, 0) is 43.7 Å². The lowest BCUT2D eigenvalue weighted by atomic mass is 10.1. The van der Waals surface area contributed by atoms with Crippen molar-refractivity contribution < 1.29 is 23.3 Å². The van der Waals surface area contributed by atoms with Gasteiger partial charge in [0.25, 0.3) is 5.91 Å². The van der Waals surface area contributed by atoms with Crippen molar-refractivity contribution in [3.63, 3.8) is 0 Å². The van der Waals surface area contributed by atoms with Crippen LogP contribution in [0, 0.1) is 13.8 Å². The van der Waals surface area contributed by atoms with Crippen molar-refractivity contribution in [3.05, 3.63) is 71.0 Å². The van der Waals surface area contributed by atoms with E-state index in [1.54, 1.807) is 21.9 Å². The summed E-state index contributed by atoms with van der Waals surface area (Å²) in [6.45, 7) is 6.17. The zero-order valence-corrected chi connectivity index (χ0v) is 17.7. The van der Waals surface area contributed by atoms with Gasteiger partial charge in [0.1, 0.15) is 18.1 Å². The smallest absolute Gasteiger partial charge is 0.289 e. The summed E-state index contributed by atoms with van der Waals surface area (Å²) in [4.78, 5) is 28.5. The summed E-state index contributed by atoms with van der Waals surface area (Å²) in [6.07, 6.45) is 1.80. The van der Waals surface area contributed by atoms with Crippen LogP contribution >= 0.6 is 0 Å². The van der Waals surface area contributed by atoms with Gasteiger partial charge in [-0.15, -0.1) is 0 Å². The minimum absolute atomic E-state index is 0.0505. The Hall–Kier alpha value is -3.55. The first-order chi connectivity index (χ1) is 15.0. The second kappa shape index (κ2) is 9.07. The lowest BCUT2D eigenvalue weighted by molar-refractivity contribution is -0.131. The van der Waals surface area contributed by atoms with E-state index in [1.165, 1.54) is 6.26 Å². The van der Waals surface area contributed by atoms with Gasteiger partial charge < -0.3 is 23.5 Å². The van der Waals surface area contributed by atoms with E-state index in [-0.39, 0.29) is 11.8 Å². The molecule has 0 bridgehead atoms. The Balaban J connectivity index is 1.26. The average molecular weight is 423 g/mol. The molecular formula is C23H25N3O5. The zero-order chi connectivity index (χ0) is 21.8. The van der Waals surface area contributed by atoms with Crippen LogP contribution in [0.25, 0.3) is 0 Å². The van der Waals surface area contributed by atoms with Crippen LogP contribution in [0.5, 0.6) is 5.75 Å². The van der Waals surface area contributed by atoms with Crippen LogP contribution in [-0.2, 0) is 17.8 Å². The summed E-state index contributed by atoms with van der Waals surface area (Å²) in [5.74, 6) is 1.72. The molecule has 1 saturated heterocycles. The molecule has 8 heteroatoms. The predicted octanol–water partition coefficient (Wildman–Crippen LogP) is 2.99. The van der Waals surface area contributed by atoms with E-state index < -0.39 is 0 Å². The Labute approximate surface area is 180 Å². The van der Waals surface area contributed by atoms with E-state index in [2.05, 4.69) is 5.16 Å². The highest BCUT2D eigenvalue weighted by Gasteiger charge is 2.26. The number of nitrogens with zero attached hydrogens (tertiary/aromatic N) is 3. The Morgan fingerprint density at radius 3 is 2.35 bits per heavy atom. The second-order valence-corrected chi connectivity index (χ2v) is 7.56. The van der Waals surface area contributed by atoms with Crippen LogP contribution < -0.4 is 4.74 Å². The number of carbonyl (C=O) groups excluding carboxylic acids is 2. The molecule has 0 radical (unpaired) electrons. The van der Waals surface area contributed by atoms with E-state index in [0.717, 1.165) is 28.3 Å². The number of hydrogen-bond acceptors (Lipinski definition) is 6. The molecule has 3 aromatic rings. The molecule has 4 rings (SSSR count). The van der Waals surface area contributed by atoms with Crippen LogP contribution in [0.2, 0.25) is 0 Å². The average Bonchev–Trinajstić information content (AvgIpc) is 3.43. The molecule has 31 heavy (non-hydrogen) atoms. The fraction of sp³-hybridized carbons (Fsp3) is 0.348. The van der Waals surface area contributed by atoms with Crippen molar-refractivity contribution in [3.8, 4) is 5.75 Å². The summed E-state index contributed by atoms with van der Waals surface area (Å²) >= 11 is 0. The molecule has 1 fully saturated rings. The number of piperazine rings is 1. The molecule has 0 unspecified atom stereocenters. The van der Waals surface area contributed by atoms with Crippen LogP contribution in [0.4, 0.5) is 0 Å². The number of ether oxygens (including phenoxy) is 1. The van der Waals surface area contributed by atoms with Crippen LogP contribution in [0.15, 0.2) is 51.6 Å². The second-order valence-electron chi connectivity index (χ2n) is 7.56. The molecule has 162 valence electrons.